The number of hydrogen-bond acceptors (Lipinski definition) is 2. The lowest BCUT2D eigenvalue weighted by atomic mass is 10.0. The summed E-state index contributed by atoms with van der Waals surface area (Å²) >= 11 is 0. The molecule has 114 valence electrons. The van der Waals surface area contributed by atoms with Crippen LogP contribution in [-0.2, 0) is 4.74 Å². The van der Waals surface area contributed by atoms with Gasteiger partial charge in [-0.15, -0.1) is 0 Å². The van der Waals surface area contributed by atoms with Crippen molar-refractivity contribution < 1.29 is 4.74 Å². The zero-order valence-electron chi connectivity index (χ0n) is 13.3. The molecule has 0 radical (unpaired) electrons. The third kappa shape index (κ3) is 8.65. The second-order valence-corrected chi connectivity index (χ2v) is 6.11. The van der Waals surface area contributed by atoms with E-state index in [2.05, 4.69) is 18.7 Å². The molecule has 1 saturated heterocycles. The first-order valence-electron chi connectivity index (χ1n) is 8.66. The molecule has 0 N–H and O–H groups in total. The number of rotatable bonds is 11. The van der Waals surface area contributed by atoms with Gasteiger partial charge in [0.05, 0.1) is 13.2 Å². The Morgan fingerprint density at radius 3 is 1.95 bits per heavy atom. The minimum absolute atomic E-state index is 0.758. The molecule has 1 atom stereocenters. The van der Waals surface area contributed by atoms with Gasteiger partial charge in [0.1, 0.15) is 0 Å². The second-order valence-electron chi connectivity index (χ2n) is 6.11. The van der Waals surface area contributed by atoms with E-state index in [1.165, 1.54) is 64.2 Å². The van der Waals surface area contributed by atoms with E-state index in [0.717, 1.165) is 32.3 Å². The highest BCUT2D eigenvalue weighted by Crippen LogP contribution is 2.14. The molecule has 0 amide bonds. The summed E-state index contributed by atoms with van der Waals surface area (Å²) in [5, 5.41) is 0. The van der Waals surface area contributed by atoms with Gasteiger partial charge in [-0.1, -0.05) is 64.7 Å². The van der Waals surface area contributed by atoms with Gasteiger partial charge in [-0.05, 0) is 13.3 Å². The van der Waals surface area contributed by atoms with Crippen molar-refractivity contribution in [1.29, 1.82) is 0 Å². The molecule has 1 rings (SSSR count). The molecule has 1 aliphatic heterocycles. The first-order chi connectivity index (χ1) is 9.34. The van der Waals surface area contributed by atoms with Crippen molar-refractivity contribution in [3.05, 3.63) is 0 Å². The minimum Gasteiger partial charge on any atom is -0.379 e. The van der Waals surface area contributed by atoms with Gasteiger partial charge >= 0.3 is 0 Å². The van der Waals surface area contributed by atoms with Crippen LogP contribution in [0.25, 0.3) is 0 Å². The van der Waals surface area contributed by atoms with Crippen LogP contribution in [0.3, 0.4) is 0 Å². The molecule has 2 heteroatoms. The lowest BCUT2D eigenvalue weighted by Gasteiger charge is -2.32. The molecule has 19 heavy (non-hydrogen) atoms. The molecule has 0 aromatic carbocycles. The third-order valence-corrected chi connectivity index (χ3v) is 4.39. The Morgan fingerprint density at radius 1 is 0.842 bits per heavy atom. The smallest absolute Gasteiger partial charge is 0.0594 e. The SMILES string of the molecule is CCCCCCCCCCCC(C)N1CCOCC1. The zero-order valence-corrected chi connectivity index (χ0v) is 13.3. The molecule has 1 heterocycles. The number of unbranched alkanes of at least 4 members (excludes halogenated alkanes) is 8. The Labute approximate surface area is 120 Å². The van der Waals surface area contributed by atoms with E-state index in [0.29, 0.717) is 0 Å². The summed E-state index contributed by atoms with van der Waals surface area (Å²) in [4.78, 5) is 2.59. The van der Waals surface area contributed by atoms with Crippen LogP contribution in [0.4, 0.5) is 0 Å². The van der Waals surface area contributed by atoms with Gasteiger partial charge in [0.15, 0.2) is 0 Å². The first kappa shape index (κ1) is 17.0. The number of ether oxygens (including phenoxy) is 1. The maximum atomic E-state index is 5.41. The molecule has 1 unspecified atom stereocenters. The van der Waals surface area contributed by atoms with Crippen molar-refractivity contribution in [2.24, 2.45) is 0 Å². The molecule has 1 aliphatic rings. The highest BCUT2D eigenvalue weighted by Gasteiger charge is 2.15. The predicted molar refractivity (Wildman–Crippen MR) is 83.7 cm³/mol. The Bertz CT molecular complexity index is 190. The fraction of sp³-hybridized carbons (Fsp3) is 1.00. The van der Waals surface area contributed by atoms with Crippen LogP contribution in [0.5, 0.6) is 0 Å². The molecule has 0 spiro atoms. The average Bonchev–Trinajstić information content (AvgIpc) is 2.46. The van der Waals surface area contributed by atoms with Gasteiger partial charge in [-0.2, -0.15) is 0 Å². The summed E-state index contributed by atoms with van der Waals surface area (Å²) < 4.78 is 5.41. The monoisotopic (exact) mass is 269 g/mol. The van der Waals surface area contributed by atoms with Crippen LogP contribution in [0, 0.1) is 0 Å². The van der Waals surface area contributed by atoms with Crippen LogP contribution in [-0.4, -0.2) is 37.2 Å². The van der Waals surface area contributed by atoms with Crippen molar-refractivity contribution >= 4 is 0 Å². The summed E-state index contributed by atoms with van der Waals surface area (Å²) in [5.41, 5.74) is 0. The van der Waals surface area contributed by atoms with Gasteiger partial charge < -0.3 is 4.74 Å². The topological polar surface area (TPSA) is 12.5 Å². The molecular formula is C17H35NO. The highest BCUT2D eigenvalue weighted by molar-refractivity contribution is 4.69. The predicted octanol–water partition coefficient (Wildman–Crippen LogP) is 4.63. The van der Waals surface area contributed by atoms with Gasteiger partial charge in [-0.25, -0.2) is 0 Å². The highest BCUT2D eigenvalue weighted by atomic mass is 16.5. The number of hydrogen-bond donors (Lipinski definition) is 0. The van der Waals surface area contributed by atoms with E-state index in [-0.39, 0.29) is 0 Å². The maximum Gasteiger partial charge on any atom is 0.0594 e. The summed E-state index contributed by atoms with van der Waals surface area (Å²) in [6.07, 6.45) is 14.3. The van der Waals surface area contributed by atoms with Crippen molar-refractivity contribution in [2.45, 2.75) is 84.1 Å². The Kier molecular flexibility index (Phi) is 10.5. The lowest BCUT2D eigenvalue weighted by Crippen LogP contribution is -2.42. The average molecular weight is 269 g/mol. The summed E-state index contributed by atoms with van der Waals surface area (Å²) in [6, 6.07) is 0.758. The Balaban J connectivity index is 1.84. The fourth-order valence-electron chi connectivity index (χ4n) is 2.95. The van der Waals surface area contributed by atoms with E-state index in [4.69, 9.17) is 4.74 Å². The number of nitrogens with zero attached hydrogens (tertiary/aromatic N) is 1. The quantitative estimate of drug-likeness (QED) is 0.507. The fourth-order valence-corrected chi connectivity index (χ4v) is 2.95. The Hall–Kier alpha value is -0.0800. The van der Waals surface area contributed by atoms with E-state index < -0.39 is 0 Å². The van der Waals surface area contributed by atoms with Crippen molar-refractivity contribution in [3.63, 3.8) is 0 Å². The Morgan fingerprint density at radius 2 is 1.37 bits per heavy atom. The first-order valence-corrected chi connectivity index (χ1v) is 8.66. The third-order valence-electron chi connectivity index (χ3n) is 4.39. The van der Waals surface area contributed by atoms with E-state index >= 15 is 0 Å². The largest absolute Gasteiger partial charge is 0.379 e. The van der Waals surface area contributed by atoms with Crippen molar-refractivity contribution in [1.82, 2.24) is 4.90 Å². The minimum atomic E-state index is 0.758. The summed E-state index contributed by atoms with van der Waals surface area (Å²) in [7, 11) is 0. The van der Waals surface area contributed by atoms with Gasteiger partial charge in [0.25, 0.3) is 0 Å². The van der Waals surface area contributed by atoms with Crippen molar-refractivity contribution in [2.75, 3.05) is 26.3 Å². The van der Waals surface area contributed by atoms with E-state index in [1.807, 2.05) is 0 Å². The summed E-state index contributed by atoms with van der Waals surface area (Å²) in [6.45, 7) is 8.81. The molecular weight excluding hydrogens is 234 g/mol. The molecule has 2 nitrogen and oxygen atoms in total. The van der Waals surface area contributed by atoms with Gasteiger partial charge in [0.2, 0.25) is 0 Å². The molecule has 0 saturated carbocycles. The summed E-state index contributed by atoms with van der Waals surface area (Å²) in [5.74, 6) is 0. The lowest BCUT2D eigenvalue weighted by molar-refractivity contribution is 0.0181. The van der Waals surface area contributed by atoms with Crippen LogP contribution < -0.4 is 0 Å². The maximum absolute atomic E-state index is 5.41. The normalized spacial score (nSPS) is 18.6. The zero-order chi connectivity index (χ0) is 13.8. The molecule has 0 bridgehead atoms. The molecule has 0 aliphatic carbocycles. The standard InChI is InChI=1S/C17H35NO/c1-3-4-5-6-7-8-9-10-11-12-17(2)18-13-15-19-16-14-18/h17H,3-16H2,1-2H3. The van der Waals surface area contributed by atoms with Crippen LogP contribution in [0.2, 0.25) is 0 Å². The van der Waals surface area contributed by atoms with E-state index in [9.17, 15) is 0 Å². The van der Waals surface area contributed by atoms with Gasteiger partial charge in [-0.3, -0.25) is 4.90 Å². The van der Waals surface area contributed by atoms with E-state index in [1.54, 1.807) is 0 Å². The second kappa shape index (κ2) is 11.7. The van der Waals surface area contributed by atoms with Gasteiger partial charge in [0, 0.05) is 19.1 Å². The molecule has 0 aromatic rings. The molecule has 1 fully saturated rings. The van der Waals surface area contributed by atoms with Crippen LogP contribution in [0.15, 0.2) is 0 Å². The van der Waals surface area contributed by atoms with Crippen LogP contribution in [0.1, 0.15) is 78.1 Å². The van der Waals surface area contributed by atoms with Crippen LogP contribution >= 0.6 is 0 Å². The van der Waals surface area contributed by atoms with Crippen molar-refractivity contribution in [3.8, 4) is 0 Å². The molecule has 0 aromatic heterocycles. The number of morpholine rings is 1.